The van der Waals surface area contributed by atoms with Crippen molar-refractivity contribution in [2.75, 3.05) is 19.6 Å². The average Bonchev–Trinajstić information content (AvgIpc) is 2.17. The second-order valence-corrected chi connectivity index (χ2v) is 5.29. The molecule has 1 aliphatic rings. The van der Waals surface area contributed by atoms with E-state index >= 15 is 0 Å². The molecule has 0 radical (unpaired) electrons. The van der Waals surface area contributed by atoms with Gasteiger partial charge in [-0.05, 0) is 32.2 Å². The Morgan fingerprint density at radius 3 is 2.80 bits per heavy atom. The van der Waals surface area contributed by atoms with E-state index in [4.69, 9.17) is 0 Å². The molecule has 2 unspecified atom stereocenters. The van der Waals surface area contributed by atoms with E-state index in [2.05, 4.69) is 4.90 Å². The minimum Gasteiger partial charge on any atom is -0.389 e. The van der Waals surface area contributed by atoms with Gasteiger partial charge in [-0.2, -0.15) is 0 Å². The first-order valence-electron chi connectivity index (χ1n) is 5.85. The van der Waals surface area contributed by atoms with Gasteiger partial charge in [-0.15, -0.1) is 0 Å². The van der Waals surface area contributed by atoms with Crippen LogP contribution in [0.3, 0.4) is 0 Å². The maximum atomic E-state index is 10.7. The molecule has 0 aromatic rings. The Bertz CT molecular complexity index is 214. The lowest BCUT2D eigenvalue weighted by molar-refractivity contribution is -0.113. The van der Waals surface area contributed by atoms with Gasteiger partial charge in [-0.25, -0.2) is 0 Å². The molecular formula is C12H23NO2. The van der Waals surface area contributed by atoms with Crippen LogP contribution in [0.15, 0.2) is 0 Å². The first-order chi connectivity index (χ1) is 6.95. The Labute approximate surface area is 92.5 Å². The molecule has 3 heteroatoms. The summed E-state index contributed by atoms with van der Waals surface area (Å²) in [5.41, 5.74) is -0.648. The molecule has 3 nitrogen and oxygen atoms in total. The van der Waals surface area contributed by atoms with Gasteiger partial charge < -0.3 is 9.90 Å². The zero-order chi connectivity index (χ0) is 11.5. The molecule has 0 aromatic heterocycles. The molecule has 0 aliphatic carbocycles. The predicted molar refractivity (Wildman–Crippen MR) is 60.7 cm³/mol. The highest BCUT2D eigenvalue weighted by atomic mass is 16.3. The van der Waals surface area contributed by atoms with Crippen molar-refractivity contribution in [2.45, 2.75) is 39.2 Å². The zero-order valence-electron chi connectivity index (χ0n) is 10.1. The number of β-amino-alcohol motifs (C(OH)–C–C–N with tert-alkyl or cyclic N) is 1. The molecule has 1 heterocycles. The van der Waals surface area contributed by atoms with Crippen molar-refractivity contribution in [3.05, 3.63) is 0 Å². The minimum atomic E-state index is -0.648. The van der Waals surface area contributed by atoms with Crippen LogP contribution in [0.2, 0.25) is 0 Å². The van der Waals surface area contributed by atoms with Gasteiger partial charge in [0.1, 0.15) is 6.29 Å². The number of rotatable bonds is 4. The number of aldehydes is 1. The summed E-state index contributed by atoms with van der Waals surface area (Å²) in [6, 6.07) is 0. The molecule has 1 aliphatic heterocycles. The van der Waals surface area contributed by atoms with E-state index in [1.54, 1.807) is 0 Å². The second kappa shape index (κ2) is 5.08. The third-order valence-electron chi connectivity index (χ3n) is 3.52. The molecule has 1 N–H and O–H groups in total. The molecule has 0 amide bonds. The molecule has 1 saturated heterocycles. The smallest absolute Gasteiger partial charge is 0.124 e. The first-order valence-corrected chi connectivity index (χ1v) is 5.85. The second-order valence-electron chi connectivity index (χ2n) is 5.29. The van der Waals surface area contributed by atoms with Crippen LogP contribution in [0, 0.1) is 11.8 Å². The summed E-state index contributed by atoms with van der Waals surface area (Å²) in [5.74, 6) is 0.413. The highest BCUT2D eigenvalue weighted by Crippen LogP contribution is 2.21. The van der Waals surface area contributed by atoms with Gasteiger partial charge in [0.05, 0.1) is 5.60 Å². The molecule has 2 atom stereocenters. The van der Waals surface area contributed by atoms with Crippen LogP contribution in [0.1, 0.15) is 33.6 Å². The average molecular weight is 213 g/mol. The van der Waals surface area contributed by atoms with E-state index in [1.807, 2.05) is 20.8 Å². The van der Waals surface area contributed by atoms with Gasteiger partial charge in [0.2, 0.25) is 0 Å². The summed E-state index contributed by atoms with van der Waals surface area (Å²) >= 11 is 0. The van der Waals surface area contributed by atoms with Crippen LogP contribution in [-0.4, -0.2) is 41.5 Å². The minimum absolute atomic E-state index is 0.168. The summed E-state index contributed by atoms with van der Waals surface area (Å²) in [7, 11) is 0. The normalized spacial score (nSPS) is 27.7. The number of likely N-dealkylation sites (tertiary alicyclic amines) is 1. The highest BCUT2D eigenvalue weighted by molar-refractivity contribution is 5.53. The fourth-order valence-corrected chi connectivity index (χ4v) is 1.98. The maximum absolute atomic E-state index is 10.7. The molecule has 0 bridgehead atoms. The van der Waals surface area contributed by atoms with Crippen LogP contribution < -0.4 is 0 Å². The third-order valence-corrected chi connectivity index (χ3v) is 3.52. The Balaban J connectivity index is 2.47. The van der Waals surface area contributed by atoms with E-state index in [0.29, 0.717) is 6.54 Å². The van der Waals surface area contributed by atoms with Crippen molar-refractivity contribution in [2.24, 2.45) is 11.8 Å². The number of carbonyl (C=O) groups excluding carboxylic acids is 1. The molecular weight excluding hydrogens is 190 g/mol. The lowest BCUT2D eigenvalue weighted by Gasteiger charge is -2.37. The standard InChI is InChI=1S/C12H23NO2/c1-10(2)12(3,15)9-13-6-4-5-11(7-13)8-14/h8,10-11,15H,4-7,9H2,1-3H3. The molecule has 0 saturated carbocycles. The van der Waals surface area contributed by atoms with Crippen molar-refractivity contribution in [1.29, 1.82) is 0 Å². The number of piperidine rings is 1. The topological polar surface area (TPSA) is 40.5 Å². The molecule has 1 fully saturated rings. The number of carbonyl (C=O) groups is 1. The largest absolute Gasteiger partial charge is 0.389 e. The predicted octanol–water partition coefficient (Wildman–Crippen LogP) is 1.30. The van der Waals surface area contributed by atoms with E-state index in [-0.39, 0.29) is 11.8 Å². The molecule has 88 valence electrons. The Hall–Kier alpha value is -0.410. The summed E-state index contributed by atoms with van der Waals surface area (Å²) in [6.07, 6.45) is 3.12. The number of nitrogens with zero attached hydrogens (tertiary/aromatic N) is 1. The lowest BCUT2D eigenvalue weighted by Crippen LogP contribution is -2.48. The van der Waals surface area contributed by atoms with E-state index < -0.39 is 5.60 Å². The molecule has 0 spiro atoms. The van der Waals surface area contributed by atoms with Gasteiger partial charge in [0.25, 0.3) is 0 Å². The summed E-state index contributed by atoms with van der Waals surface area (Å²) < 4.78 is 0. The summed E-state index contributed by atoms with van der Waals surface area (Å²) in [4.78, 5) is 12.9. The van der Waals surface area contributed by atoms with Crippen LogP contribution >= 0.6 is 0 Å². The fourth-order valence-electron chi connectivity index (χ4n) is 1.98. The van der Waals surface area contributed by atoms with Crippen LogP contribution in [-0.2, 0) is 4.79 Å². The van der Waals surface area contributed by atoms with Gasteiger partial charge >= 0.3 is 0 Å². The van der Waals surface area contributed by atoms with Gasteiger partial charge in [0, 0.05) is 19.0 Å². The maximum Gasteiger partial charge on any atom is 0.124 e. The Morgan fingerprint density at radius 1 is 1.60 bits per heavy atom. The Morgan fingerprint density at radius 2 is 2.27 bits per heavy atom. The molecule has 1 rings (SSSR count). The van der Waals surface area contributed by atoms with Crippen molar-refractivity contribution in [3.63, 3.8) is 0 Å². The van der Waals surface area contributed by atoms with Crippen molar-refractivity contribution < 1.29 is 9.90 Å². The fraction of sp³-hybridized carbons (Fsp3) is 0.917. The number of hydrogen-bond donors (Lipinski definition) is 1. The van der Waals surface area contributed by atoms with Gasteiger partial charge in [0.15, 0.2) is 0 Å². The van der Waals surface area contributed by atoms with Crippen LogP contribution in [0.4, 0.5) is 0 Å². The van der Waals surface area contributed by atoms with Crippen LogP contribution in [0.25, 0.3) is 0 Å². The summed E-state index contributed by atoms with van der Waals surface area (Å²) in [5, 5.41) is 10.2. The highest BCUT2D eigenvalue weighted by Gasteiger charge is 2.30. The summed E-state index contributed by atoms with van der Waals surface area (Å²) in [6.45, 7) is 8.43. The van der Waals surface area contributed by atoms with Gasteiger partial charge in [-0.3, -0.25) is 4.90 Å². The monoisotopic (exact) mass is 213 g/mol. The van der Waals surface area contributed by atoms with Crippen molar-refractivity contribution in [1.82, 2.24) is 4.90 Å². The quantitative estimate of drug-likeness (QED) is 0.716. The van der Waals surface area contributed by atoms with Gasteiger partial charge in [-0.1, -0.05) is 13.8 Å². The van der Waals surface area contributed by atoms with E-state index in [9.17, 15) is 9.90 Å². The zero-order valence-corrected chi connectivity index (χ0v) is 10.1. The molecule has 15 heavy (non-hydrogen) atoms. The Kier molecular flexibility index (Phi) is 4.29. The third kappa shape index (κ3) is 3.58. The van der Waals surface area contributed by atoms with Crippen molar-refractivity contribution >= 4 is 6.29 Å². The van der Waals surface area contributed by atoms with Crippen molar-refractivity contribution in [3.8, 4) is 0 Å². The lowest BCUT2D eigenvalue weighted by atomic mass is 9.90. The van der Waals surface area contributed by atoms with Crippen LogP contribution in [0.5, 0.6) is 0 Å². The van der Waals surface area contributed by atoms with E-state index in [0.717, 1.165) is 32.2 Å². The SMILES string of the molecule is CC(C)C(C)(O)CN1CCCC(C=O)C1. The first kappa shape index (κ1) is 12.7. The number of hydrogen-bond acceptors (Lipinski definition) is 3. The molecule has 0 aromatic carbocycles. The van der Waals surface area contributed by atoms with E-state index in [1.165, 1.54) is 0 Å². The number of aliphatic hydroxyl groups is 1.